The molecule has 7 nitrogen and oxygen atoms in total. The van der Waals surface area contributed by atoms with Crippen LogP contribution in [-0.2, 0) is 6.54 Å². The highest BCUT2D eigenvalue weighted by molar-refractivity contribution is 5.80. The summed E-state index contributed by atoms with van der Waals surface area (Å²) < 4.78 is 12.4. The third kappa shape index (κ3) is 2.97. The van der Waals surface area contributed by atoms with Gasteiger partial charge in [-0.25, -0.2) is 4.98 Å². The van der Waals surface area contributed by atoms with Crippen LogP contribution in [-0.4, -0.2) is 26.8 Å². The normalized spacial score (nSPS) is 11.1. The summed E-state index contributed by atoms with van der Waals surface area (Å²) in [6, 6.07) is 13.0. The first-order chi connectivity index (χ1) is 13.1. The summed E-state index contributed by atoms with van der Waals surface area (Å²) in [5, 5.41) is 4.08. The zero-order valence-corrected chi connectivity index (χ0v) is 15.3. The molecule has 0 aliphatic rings. The van der Waals surface area contributed by atoms with Crippen molar-refractivity contribution in [3.8, 4) is 28.6 Å². The molecule has 0 radical (unpaired) electrons. The van der Waals surface area contributed by atoms with Crippen LogP contribution >= 0.6 is 0 Å². The fraction of sp³-hybridized carbons (Fsp3) is 0.200. The Morgan fingerprint density at radius 1 is 1.11 bits per heavy atom. The van der Waals surface area contributed by atoms with Gasteiger partial charge in [0.25, 0.3) is 11.4 Å². The number of methoxy groups -OCH3 is 1. The first-order valence-electron chi connectivity index (χ1n) is 8.60. The summed E-state index contributed by atoms with van der Waals surface area (Å²) in [7, 11) is 1.61. The summed E-state index contributed by atoms with van der Waals surface area (Å²) in [4.78, 5) is 21.1. The monoisotopic (exact) mass is 362 g/mol. The van der Waals surface area contributed by atoms with Crippen LogP contribution < -0.4 is 10.3 Å². The van der Waals surface area contributed by atoms with Gasteiger partial charge in [-0.2, -0.15) is 4.98 Å². The van der Waals surface area contributed by atoms with E-state index in [0.29, 0.717) is 24.0 Å². The number of ether oxygens (including phenoxy) is 1. The van der Waals surface area contributed by atoms with Crippen molar-refractivity contribution in [3.63, 3.8) is 0 Å². The van der Waals surface area contributed by atoms with Crippen LogP contribution in [0.25, 0.3) is 33.9 Å². The highest BCUT2D eigenvalue weighted by Crippen LogP contribution is 2.26. The molecule has 27 heavy (non-hydrogen) atoms. The smallest absolute Gasteiger partial charge is 0.272 e. The number of aromatic nitrogens is 4. The predicted octanol–water partition coefficient (Wildman–Crippen LogP) is 3.45. The van der Waals surface area contributed by atoms with Gasteiger partial charge >= 0.3 is 0 Å². The number of aryl methyl sites for hydroxylation is 2. The lowest BCUT2D eigenvalue weighted by Gasteiger charge is -2.09. The Morgan fingerprint density at radius 2 is 1.96 bits per heavy atom. The summed E-state index contributed by atoms with van der Waals surface area (Å²) in [6.45, 7) is 4.24. The lowest BCUT2D eigenvalue weighted by molar-refractivity contribution is 0.413. The third-order valence-corrected chi connectivity index (χ3v) is 4.43. The number of hydrogen-bond acceptors (Lipinski definition) is 6. The SMILES string of the molecule is CCn1c(=O)c(C)nc2cc(-c3noc(-c4cccc(OC)c4)n3)ccc21. The van der Waals surface area contributed by atoms with E-state index in [9.17, 15) is 4.79 Å². The molecule has 4 rings (SSSR count). The third-order valence-electron chi connectivity index (χ3n) is 4.43. The minimum atomic E-state index is -0.0716. The van der Waals surface area contributed by atoms with Gasteiger partial charge in [0.1, 0.15) is 11.4 Å². The van der Waals surface area contributed by atoms with Gasteiger partial charge in [-0.3, -0.25) is 4.79 Å². The van der Waals surface area contributed by atoms with Crippen LogP contribution in [0.1, 0.15) is 12.6 Å². The van der Waals surface area contributed by atoms with Gasteiger partial charge in [0.15, 0.2) is 0 Å². The van der Waals surface area contributed by atoms with Gasteiger partial charge in [0.05, 0.1) is 18.1 Å². The molecule has 0 fully saturated rings. The average Bonchev–Trinajstić information content (AvgIpc) is 3.19. The van der Waals surface area contributed by atoms with Crippen LogP contribution in [0, 0.1) is 6.92 Å². The lowest BCUT2D eigenvalue weighted by atomic mass is 10.1. The van der Waals surface area contributed by atoms with Crippen molar-refractivity contribution >= 4 is 11.0 Å². The molecule has 2 aromatic carbocycles. The molecule has 4 aromatic rings. The largest absolute Gasteiger partial charge is 0.497 e. The zero-order valence-electron chi connectivity index (χ0n) is 15.3. The van der Waals surface area contributed by atoms with Crippen molar-refractivity contribution in [1.29, 1.82) is 0 Å². The van der Waals surface area contributed by atoms with Crippen LogP contribution in [0.2, 0.25) is 0 Å². The van der Waals surface area contributed by atoms with E-state index in [1.54, 1.807) is 18.6 Å². The molecule has 0 amide bonds. The maximum absolute atomic E-state index is 12.2. The van der Waals surface area contributed by atoms with Crippen molar-refractivity contribution in [1.82, 2.24) is 19.7 Å². The van der Waals surface area contributed by atoms with E-state index >= 15 is 0 Å². The molecule has 136 valence electrons. The maximum atomic E-state index is 12.2. The number of rotatable bonds is 4. The molecule has 0 aliphatic heterocycles. The van der Waals surface area contributed by atoms with Crippen molar-refractivity contribution in [2.45, 2.75) is 20.4 Å². The van der Waals surface area contributed by atoms with Gasteiger partial charge in [0, 0.05) is 17.7 Å². The molecule has 2 aromatic heterocycles. The highest BCUT2D eigenvalue weighted by atomic mass is 16.5. The summed E-state index contributed by atoms with van der Waals surface area (Å²) in [5.74, 6) is 1.59. The minimum Gasteiger partial charge on any atom is -0.497 e. The van der Waals surface area contributed by atoms with Crippen molar-refractivity contribution < 1.29 is 9.26 Å². The molecule has 0 atom stereocenters. The van der Waals surface area contributed by atoms with Crippen LogP contribution in [0.5, 0.6) is 5.75 Å². The molecule has 2 heterocycles. The second-order valence-corrected chi connectivity index (χ2v) is 6.11. The lowest BCUT2D eigenvalue weighted by Crippen LogP contribution is -2.23. The number of nitrogens with zero attached hydrogens (tertiary/aromatic N) is 4. The Bertz CT molecular complexity index is 1190. The van der Waals surface area contributed by atoms with E-state index in [1.165, 1.54) is 0 Å². The standard InChI is InChI=1S/C20H18N4O3/c1-4-24-17-9-8-13(11-16(17)21-12(2)20(24)25)18-22-19(27-23-18)14-6-5-7-15(10-14)26-3/h5-11H,4H2,1-3H3. The van der Waals surface area contributed by atoms with Crippen LogP contribution in [0.3, 0.4) is 0 Å². The molecule has 0 unspecified atom stereocenters. The second kappa shape index (κ2) is 6.68. The Morgan fingerprint density at radius 3 is 2.74 bits per heavy atom. The highest BCUT2D eigenvalue weighted by Gasteiger charge is 2.13. The fourth-order valence-electron chi connectivity index (χ4n) is 3.04. The molecular weight excluding hydrogens is 344 g/mol. The predicted molar refractivity (Wildman–Crippen MR) is 102 cm³/mol. The summed E-state index contributed by atoms with van der Waals surface area (Å²) in [6.07, 6.45) is 0. The van der Waals surface area contributed by atoms with Gasteiger partial charge in [-0.15, -0.1) is 0 Å². The molecular formula is C20H18N4O3. The molecule has 0 saturated carbocycles. The Labute approximate surface area is 155 Å². The van der Waals surface area contributed by atoms with E-state index in [2.05, 4.69) is 15.1 Å². The molecule has 0 saturated heterocycles. The van der Waals surface area contributed by atoms with E-state index in [-0.39, 0.29) is 5.56 Å². The van der Waals surface area contributed by atoms with Crippen LogP contribution in [0.4, 0.5) is 0 Å². The Hall–Kier alpha value is -3.48. The van der Waals surface area contributed by atoms with E-state index < -0.39 is 0 Å². The maximum Gasteiger partial charge on any atom is 0.272 e. The fourth-order valence-corrected chi connectivity index (χ4v) is 3.04. The molecule has 7 heteroatoms. The Balaban J connectivity index is 1.78. The van der Waals surface area contributed by atoms with E-state index in [1.807, 2.05) is 49.4 Å². The van der Waals surface area contributed by atoms with E-state index in [0.717, 1.165) is 27.9 Å². The van der Waals surface area contributed by atoms with Crippen molar-refractivity contribution in [2.75, 3.05) is 7.11 Å². The summed E-state index contributed by atoms with van der Waals surface area (Å²) >= 11 is 0. The molecule has 0 N–H and O–H groups in total. The van der Waals surface area contributed by atoms with Gasteiger partial charge < -0.3 is 13.8 Å². The number of benzene rings is 2. The topological polar surface area (TPSA) is 83.0 Å². The van der Waals surface area contributed by atoms with Gasteiger partial charge in [-0.1, -0.05) is 11.2 Å². The minimum absolute atomic E-state index is 0.0716. The summed E-state index contributed by atoms with van der Waals surface area (Å²) in [5.41, 5.74) is 3.45. The first kappa shape index (κ1) is 17.0. The quantitative estimate of drug-likeness (QED) is 0.553. The molecule has 0 spiro atoms. The average molecular weight is 362 g/mol. The van der Waals surface area contributed by atoms with Gasteiger partial charge in [0.2, 0.25) is 5.82 Å². The second-order valence-electron chi connectivity index (χ2n) is 6.11. The number of fused-ring (bicyclic) bond motifs is 1. The van der Waals surface area contributed by atoms with Gasteiger partial charge in [-0.05, 0) is 50.2 Å². The zero-order chi connectivity index (χ0) is 19.0. The van der Waals surface area contributed by atoms with Crippen molar-refractivity contribution in [3.05, 3.63) is 58.5 Å². The molecule has 0 aliphatic carbocycles. The number of hydrogen-bond donors (Lipinski definition) is 0. The van der Waals surface area contributed by atoms with Crippen LogP contribution in [0.15, 0.2) is 51.8 Å². The molecule has 0 bridgehead atoms. The van der Waals surface area contributed by atoms with E-state index in [4.69, 9.17) is 9.26 Å². The Kier molecular flexibility index (Phi) is 4.19. The first-order valence-corrected chi connectivity index (χ1v) is 8.60. The van der Waals surface area contributed by atoms with Crippen molar-refractivity contribution in [2.24, 2.45) is 0 Å².